The topological polar surface area (TPSA) is 76.7 Å². The number of hydrogen-bond donors (Lipinski definition) is 2. The average Bonchev–Trinajstić information content (AvgIpc) is 2.92. The lowest BCUT2D eigenvalue weighted by atomic mass is 10.1. The SMILES string of the molecule is O=C(NNC(=O)c1cc(Br)ccc1OCCc1ccccc1)c1ccc(OCc2ccccc2)cc1. The molecule has 2 N–H and O–H groups in total. The zero-order valence-electron chi connectivity index (χ0n) is 19.4. The van der Waals surface area contributed by atoms with Crippen molar-refractivity contribution in [2.45, 2.75) is 13.0 Å². The Morgan fingerprint density at radius 2 is 1.33 bits per heavy atom. The van der Waals surface area contributed by atoms with E-state index in [0.717, 1.165) is 15.6 Å². The summed E-state index contributed by atoms with van der Waals surface area (Å²) in [5.41, 5.74) is 7.81. The van der Waals surface area contributed by atoms with Crippen molar-refractivity contribution in [1.29, 1.82) is 0 Å². The van der Waals surface area contributed by atoms with E-state index in [2.05, 4.69) is 26.8 Å². The third-order valence-corrected chi connectivity index (χ3v) is 5.83. The quantitative estimate of drug-likeness (QED) is 0.264. The molecule has 0 fully saturated rings. The van der Waals surface area contributed by atoms with E-state index in [-0.39, 0.29) is 0 Å². The first-order valence-electron chi connectivity index (χ1n) is 11.4. The molecule has 4 aromatic carbocycles. The minimum Gasteiger partial charge on any atom is -0.492 e. The van der Waals surface area contributed by atoms with Gasteiger partial charge in [-0.15, -0.1) is 0 Å². The third-order valence-electron chi connectivity index (χ3n) is 5.33. The Morgan fingerprint density at radius 3 is 2.03 bits per heavy atom. The molecule has 4 rings (SSSR count). The van der Waals surface area contributed by atoms with Gasteiger partial charge in [0.15, 0.2) is 0 Å². The molecule has 0 radical (unpaired) electrons. The van der Waals surface area contributed by atoms with E-state index in [1.165, 1.54) is 0 Å². The lowest BCUT2D eigenvalue weighted by Gasteiger charge is -2.13. The minimum absolute atomic E-state index is 0.308. The predicted octanol–water partition coefficient (Wildman–Crippen LogP) is 5.72. The van der Waals surface area contributed by atoms with E-state index >= 15 is 0 Å². The zero-order chi connectivity index (χ0) is 25.2. The smallest absolute Gasteiger partial charge is 0.273 e. The Labute approximate surface area is 218 Å². The molecule has 0 saturated carbocycles. The maximum Gasteiger partial charge on any atom is 0.273 e. The van der Waals surface area contributed by atoms with Crippen LogP contribution < -0.4 is 20.3 Å². The van der Waals surface area contributed by atoms with Crippen molar-refractivity contribution in [2.75, 3.05) is 6.61 Å². The highest BCUT2D eigenvalue weighted by Crippen LogP contribution is 2.23. The molecule has 0 aliphatic carbocycles. The van der Waals surface area contributed by atoms with Gasteiger partial charge in [-0.25, -0.2) is 0 Å². The van der Waals surface area contributed by atoms with Gasteiger partial charge in [-0.05, 0) is 53.6 Å². The fourth-order valence-electron chi connectivity index (χ4n) is 3.43. The normalized spacial score (nSPS) is 10.4. The summed E-state index contributed by atoms with van der Waals surface area (Å²) < 4.78 is 12.3. The number of hydrazine groups is 1. The van der Waals surface area contributed by atoms with E-state index < -0.39 is 11.8 Å². The van der Waals surface area contributed by atoms with Crippen LogP contribution in [-0.2, 0) is 13.0 Å². The molecule has 0 saturated heterocycles. The van der Waals surface area contributed by atoms with Gasteiger partial charge >= 0.3 is 0 Å². The van der Waals surface area contributed by atoms with Crippen LogP contribution in [0, 0.1) is 0 Å². The van der Waals surface area contributed by atoms with Crippen molar-refractivity contribution in [3.8, 4) is 11.5 Å². The molecule has 0 aromatic heterocycles. The van der Waals surface area contributed by atoms with Gasteiger partial charge in [-0.1, -0.05) is 76.6 Å². The van der Waals surface area contributed by atoms with Crippen LogP contribution in [0.5, 0.6) is 11.5 Å². The Balaban J connectivity index is 1.30. The van der Waals surface area contributed by atoms with Crippen molar-refractivity contribution >= 4 is 27.7 Å². The Kier molecular flexibility index (Phi) is 8.72. The molecule has 182 valence electrons. The Bertz CT molecular complexity index is 1300. The van der Waals surface area contributed by atoms with Crippen LogP contribution in [0.25, 0.3) is 0 Å². The number of amides is 2. The second kappa shape index (κ2) is 12.6. The van der Waals surface area contributed by atoms with Crippen molar-refractivity contribution in [1.82, 2.24) is 10.9 Å². The maximum absolute atomic E-state index is 12.8. The summed E-state index contributed by atoms with van der Waals surface area (Å²) in [4.78, 5) is 25.4. The fraction of sp³-hybridized carbons (Fsp3) is 0.103. The number of rotatable bonds is 9. The summed E-state index contributed by atoms with van der Waals surface area (Å²) in [5.74, 6) is 0.147. The van der Waals surface area contributed by atoms with Crippen LogP contribution in [0.4, 0.5) is 0 Å². The molecule has 2 amide bonds. The van der Waals surface area contributed by atoms with E-state index in [1.807, 2.05) is 60.7 Å². The monoisotopic (exact) mass is 544 g/mol. The minimum atomic E-state index is -0.484. The van der Waals surface area contributed by atoms with Gasteiger partial charge in [0.05, 0.1) is 12.2 Å². The summed E-state index contributed by atoms with van der Waals surface area (Å²) in [5, 5.41) is 0. The largest absolute Gasteiger partial charge is 0.492 e. The van der Waals surface area contributed by atoms with E-state index in [0.29, 0.717) is 42.3 Å². The summed E-state index contributed by atoms with van der Waals surface area (Å²) in [7, 11) is 0. The van der Waals surface area contributed by atoms with Crippen LogP contribution in [0.3, 0.4) is 0 Å². The molecule has 0 bridgehead atoms. The molecule has 0 aliphatic heterocycles. The van der Waals surface area contributed by atoms with Crippen LogP contribution in [0.2, 0.25) is 0 Å². The van der Waals surface area contributed by atoms with Crippen molar-refractivity contribution < 1.29 is 19.1 Å². The number of hydrogen-bond acceptors (Lipinski definition) is 4. The average molecular weight is 545 g/mol. The fourth-order valence-corrected chi connectivity index (χ4v) is 3.79. The van der Waals surface area contributed by atoms with E-state index in [9.17, 15) is 9.59 Å². The molecular formula is C29H25BrN2O4. The van der Waals surface area contributed by atoms with E-state index in [4.69, 9.17) is 9.47 Å². The molecule has 0 atom stereocenters. The van der Waals surface area contributed by atoms with Gasteiger partial charge in [0.1, 0.15) is 18.1 Å². The first-order chi connectivity index (χ1) is 17.6. The van der Waals surface area contributed by atoms with Gasteiger partial charge in [0.25, 0.3) is 11.8 Å². The summed E-state index contributed by atoms with van der Waals surface area (Å²) >= 11 is 3.39. The molecule has 7 heteroatoms. The van der Waals surface area contributed by atoms with Gasteiger partial charge in [0, 0.05) is 16.5 Å². The molecule has 4 aromatic rings. The van der Waals surface area contributed by atoms with Gasteiger partial charge in [0.2, 0.25) is 0 Å². The number of carbonyl (C=O) groups is 2. The molecule has 0 aliphatic rings. The van der Waals surface area contributed by atoms with Gasteiger partial charge in [-0.2, -0.15) is 0 Å². The van der Waals surface area contributed by atoms with E-state index in [1.54, 1.807) is 42.5 Å². The van der Waals surface area contributed by atoms with Crippen LogP contribution in [0.15, 0.2) is 108 Å². The summed E-state index contributed by atoms with van der Waals surface area (Å²) in [6, 6.07) is 31.7. The van der Waals surface area contributed by atoms with Crippen molar-refractivity contribution in [3.05, 3.63) is 130 Å². The number of benzene rings is 4. The van der Waals surface area contributed by atoms with Crippen molar-refractivity contribution in [2.24, 2.45) is 0 Å². The van der Waals surface area contributed by atoms with Crippen LogP contribution in [-0.4, -0.2) is 18.4 Å². The van der Waals surface area contributed by atoms with Crippen molar-refractivity contribution in [3.63, 3.8) is 0 Å². The second-order valence-electron chi connectivity index (χ2n) is 7.93. The zero-order valence-corrected chi connectivity index (χ0v) is 21.0. The number of ether oxygens (including phenoxy) is 2. The highest BCUT2D eigenvalue weighted by Gasteiger charge is 2.15. The first-order valence-corrected chi connectivity index (χ1v) is 12.2. The van der Waals surface area contributed by atoms with Crippen LogP contribution >= 0.6 is 15.9 Å². The molecule has 0 spiro atoms. The molecule has 0 heterocycles. The third kappa shape index (κ3) is 7.20. The number of nitrogens with one attached hydrogen (secondary N) is 2. The molecule has 0 unspecified atom stereocenters. The lowest BCUT2D eigenvalue weighted by molar-refractivity contribution is 0.0844. The maximum atomic E-state index is 12.8. The summed E-state index contributed by atoms with van der Waals surface area (Å²) in [6.45, 7) is 0.849. The molecule has 6 nitrogen and oxygen atoms in total. The lowest BCUT2D eigenvalue weighted by Crippen LogP contribution is -2.41. The molecular weight excluding hydrogens is 520 g/mol. The molecule has 36 heavy (non-hydrogen) atoms. The highest BCUT2D eigenvalue weighted by atomic mass is 79.9. The number of halogens is 1. The van der Waals surface area contributed by atoms with Gasteiger partial charge in [-0.3, -0.25) is 20.4 Å². The Morgan fingerprint density at radius 1 is 0.694 bits per heavy atom. The highest BCUT2D eigenvalue weighted by molar-refractivity contribution is 9.10. The first kappa shape index (κ1) is 25.0. The standard InChI is InChI=1S/C29H25BrN2O4/c30-24-13-16-27(35-18-17-21-7-3-1-4-8-21)26(19-24)29(34)32-31-28(33)23-11-14-25(15-12-23)36-20-22-9-5-2-6-10-22/h1-16,19H,17-18,20H2,(H,31,33)(H,32,34). The number of carbonyl (C=O) groups excluding carboxylic acids is 2. The Hall–Kier alpha value is -4.10. The summed E-state index contributed by atoms with van der Waals surface area (Å²) in [6.07, 6.45) is 0.708. The van der Waals surface area contributed by atoms with Gasteiger partial charge < -0.3 is 9.47 Å². The van der Waals surface area contributed by atoms with Crippen LogP contribution in [0.1, 0.15) is 31.8 Å². The predicted molar refractivity (Wildman–Crippen MR) is 142 cm³/mol. The second-order valence-corrected chi connectivity index (χ2v) is 8.85.